The first-order valence-corrected chi connectivity index (χ1v) is 4.89. The molecule has 2 unspecified atom stereocenters. The van der Waals surface area contributed by atoms with Crippen LogP contribution in [0.15, 0.2) is 17.1 Å². The Hall–Kier alpha value is -0.960. The number of nitrogens with zero attached hydrogens (tertiary/aromatic N) is 1. The van der Waals surface area contributed by atoms with Crippen LogP contribution in [0.1, 0.15) is 33.6 Å². The highest BCUT2D eigenvalue weighted by molar-refractivity contribution is 5.91. The zero-order valence-electron chi connectivity index (χ0n) is 9.25. The van der Waals surface area contributed by atoms with Gasteiger partial charge in [0.1, 0.15) is 5.84 Å². The van der Waals surface area contributed by atoms with E-state index >= 15 is 0 Å². The molecule has 0 radical (unpaired) electrons. The van der Waals surface area contributed by atoms with Crippen molar-refractivity contribution < 1.29 is 5.11 Å². The lowest BCUT2D eigenvalue weighted by Gasteiger charge is -2.11. The molecule has 3 heteroatoms. The molecule has 0 fully saturated rings. The molecule has 80 valence electrons. The molecule has 14 heavy (non-hydrogen) atoms. The van der Waals surface area contributed by atoms with Crippen molar-refractivity contribution in [1.82, 2.24) is 0 Å². The highest BCUT2D eigenvalue weighted by Crippen LogP contribution is 2.14. The molecule has 2 atom stereocenters. The van der Waals surface area contributed by atoms with Crippen LogP contribution in [-0.2, 0) is 0 Å². The zero-order chi connectivity index (χ0) is 11.1. The molecule has 0 saturated carbocycles. The fourth-order valence-electron chi connectivity index (χ4n) is 0.984. The van der Waals surface area contributed by atoms with Crippen LogP contribution in [0.4, 0.5) is 0 Å². The summed E-state index contributed by atoms with van der Waals surface area (Å²) in [7, 11) is 0. The summed E-state index contributed by atoms with van der Waals surface area (Å²) in [6.45, 7) is 9.34. The lowest BCUT2D eigenvalue weighted by Crippen LogP contribution is -2.06. The highest BCUT2D eigenvalue weighted by atomic mass is 16.3. The lowest BCUT2D eigenvalue weighted by atomic mass is 9.97. The smallest absolute Gasteiger partial charge is 0.117 e. The SMILES string of the molecule is C=C(C=NC(C)=N)C(C)CCC(C)O. The molecule has 0 rings (SSSR count). The van der Waals surface area contributed by atoms with Gasteiger partial charge in [-0.25, -0.2) is 4.99 Å². The maximum Gasteiger partial charge on any atom is 0.117 e. The summed E-state index contributed by atoms with van der Waals surface area (Å²) in [5.74, 6) is 0.599. The Morgan fingerprint density at radius 2 is 2.07 bits per heavy atom. The fraction of sp³-hybridized carbons (Fsp3) is 0.636. The summed E-state index contributed by atoms with van der Waals surface area (Å²) in [5, 5.41) is 16.2. The van der Waals surface area contributed by atoms with Gasteiger partial charge in [0.15, 0.2) is 0 Å². The van der Waals surface area contributed by atoms with Gasteiger partial charge in [-0.05, 0) is 38.2 Å². The maximum absolute atomic E-state index is 9.10. The van der Waals surface area contributed by atoms with E-state index < -0.39 is 0 Å². The first-order valence-electron chi connectivity index (χ1n) is 4.89. The second-order valence-electron chi connectivity index (χ2n) is 3.75. The van der Waals surface area contributed by atoms with Gasteiger partial charge in [0.2, 0.25) is 0 Å². The van der Waals surface area contributed by atoms with Crippen molar-refractivity contribution in [2.75, 3.05) is 0 Å². The largest absolute Gasteiger partial charge is 0.393 e. The predicted molar refractivity (Wildman–Crippen MR) is 61.1 cm³/mol. The van der Waals surface area contributed by atoms with Gasteiger partial charge in [0.25, 0.3) is 0 Å². The van der Waals surface area contributed by atoms with Gasteiger partial charge in [0, 0.05) is 6.21 Å². The molecule has 0 aromatic heterocycles. The summed E-state index contributed by atoms with van der Waals surface area (Å²) in [4.78, 5) is 3.87. The zero-order valence-corrected chi connectivity index (χ0v) is 9.25. The average molecular weight is 196 g/mol. The molecule has 0 aromatic carbocycles. The van der Waals surface area contributed by atoms with E-state index in [1.165, 1.54) is 0 Å². The second-order valence-corrected chi connectivity index (χ2v) is 3.75. The summed E-state index contributed by atoms with van der Waals surface area (Å²) < 4.78 is 0. The Morgan fingerprint density at radius 1 is 1.50 bits per heavy atom. The molecule has 0 saturated heterocycles. The molecule has 0 heterocycles. The molecule has 3 nitrogen and oxygen atoms in total. The minimum atomic E-state index is -0.258. The van der Waals surface area contributed by atoms with E-state index in [0.29, 0.717) is 5.92 Å². The predicted octanol–water partition coefficient (Wildman–Crippen LogP) is 2.41. The summed E-state index contributed by atoms with van der Waals surface area (Å²) >= 11 is 0. The molecule has 2 N–H and O–H groups in total. The summed E-state index contributed by atoms with van der Waals surface area (Å²) in [6.07, 6.45) is 3.05. The monoisotopic (exact) mass is 196 g/mol. The van der Waals surface area contributed by atoms with Gasteiger partial charge in [0.05, 0.1) is 6.10 Å². The quantitative estimate of drug-likeness (QED) is 0.515. The Morgan fingerprint density at radius 3 is 2.50 bits per heavy atom. The minimum Gasteiger partial charge on any atom is -0.393 e. The van der Waals surface area contributed by atoms with Gasteiger partial charge in [-0.15, -0.1) is 0 Å². The van der Waals surface area contributed by atoms with Gasteiger partial charge in [-0.1, -0.05) is 13.5 Å². The number of aliphatic hydroxyl groups excluding tert-OH is 1. The first kappa shape index (κ1) is 13.0. The molecular weight excluding hydrogens is 176 g/mol. The van der Waals surface area contributed by atoms with Crippen LogP contribution < -0.4 is 0 Å². The highest BCUT2D eigenvalue weighted by Gasteiger charge is 2.06. The molecule has 0 amide bonds. The third kappa shape index (κ3) is 6.54. The van der Waals surface area contributed by atoms with E-state index in [2.05, 4.69) is 18.5 Å². The molecule has 0 aromatic rings. The van der Waals surface area contributed by atoms with E-state index in [0.717, 1.165) is 18.4 Å². The molecular formula is C11H20N2O. The van der Waals surface area contributed by atoms with Crippen molar-refractivity contribution in [2.45, 2.75) is 39.7 Å². The number of aliphatic hydroxyl groups is 1. The number of hydrogen-bond donors (Lipinski definition) is 2. The van der Waals surface area contributed by atoms with Crippen LogP contribution in [0.2, 0.25) is 0 Å². The number of amidine groups is 1. The third-order valence-electron chi connectivity index (χ3n) is 2.07. The van der Waals surface area contributed by atoms with Crippen molar-refractivity contribution in [1.29, 1.82) is 5.41 Å². The molecule has 0 aliphatic heterocycles. The van der Waals surface area contributed by atoms with E-state index in [1.807, 2.05) is 0 Å². The van der Waals surface area contributed by atoms with Crippen LogP contribution >= 0.6 is 0 Å². The van der Waals surface area contributed by atoms with Gasteiger partial charge in [-0.3, -0.25) is 5.41 Å². The maximum atomic E-state index is 9.10. The van der Waals surface area contributed by atoms with Crippen molar-refractivity contribution in [2.24, 2.45) is 10.9 Å². The number of aliphatic imine (C=N–C) groups is 1. The van der Waals surface area contributed by atoms with Gasteiger partial charge in [-0.2, -0.15) is 0 Å². The minimum absolute atomic E-state index is 0.258. The molecule has 0 spiro atoms. The van der Waals surface area contributed by atoms with Crippen LogP contribution in [-0.4, -0.2) is 23.3 Å². The fourth-order valence-corrected chi connectivity index (χ4v) is 0.984. The number of rotatable bonds is 5. The Bertz CT molecular complexity index is 231. The Balaban J connectivity index is 3.93. The topological polar surface area (TPSA) is 56.4 Å². The van der Waals surface area contributed by atoms with Crippen LogP contribution in [0.25, 0.3) is 0 Å². The Labute approximate surface area is 86.1 Å². The van der Waals surface area contributed by atoms with E-state index in [4.69, 9.17) is 10.5 Å². The second kappa shape index (κ2) is 6.49. The van der Waals surface area contributed by atoms with E-state index in [-0.39, 0.29) is 11.9 Å². The van der Waals surface area contributed by atoms with Gasteiger partial charge < -0.3 is 5.11 Å². The molecule has 0 aliphatic carbocycles. The summed E-state index contributed by atoms with van der Waals surface area (Å²) in [6, 6.07) is 0. The van der Waals surface area contributed by atoms with Crippen LogP contribution in [0.3, 0.4) is 0 Å². The van der Waals surface area contributed by atoms with Crippen molar-refractivity contribution in [3.05, 3.63) is 12.2 Å². The standard InChI is InChI=1S/C11H20N2O/c1-8(5-6-10(3)14)9(2)7-13-11(4)12/h7-8,10,12,14H,2,5-6H2,1,3-4H3. The van der Waals surface area contributed by atoms with Crippen LogP contribution in [0.5, 0.6) is 0 Å². The van der Waals surface area contributed by atoms with Crippen molar-refractivity contribution >= 4 is 12.1 Å². The lowest BCUT2D eigenvalue weighted by molar-refractivity contribution is 0.177. The average Bonchev–Trinajstić information content (AvgIpc) is 2.09. The number of nitrogens with one attached hydrogen (secondary N) is 1. The Kier molecular flexibility index (Phi) is 6.04. The van der Waals surface area contributed by atoms with Crippen LogP contribution in [0, 0.1) is 11.3 Å². The van der Waals surface area contributed by atoms with Gasteiger partial charge >= 0.3 is 0 Å². The number of hydrogen-bond acceptors (Lipinski definition) is 2. The summed E-state index contributed by atoms with van der Waals surface area (Å²) in [5.41, 5.74) is 0.914. The first-order chi connectivity index (χ1) is 6.43. The molecule has 0 bridgehead atoms. The molecule has 0 aliphatic rings. The van der Waals surface area contributed by atoms with E-state index in [1.54, 1.807) is 20.1 Å². The normalized spacial score (nSPS) is 15.4. The van der Waals surface area contributed by atoms with Crippen molar-refractivity contribution in [3.63, 3.8) is 0 Å². The third-order valence-corrected chi connectivity index (χ3v) is 2.07. The van der Waals surface area contributed by atoms with E-state index in [9.17, 15) is 0 Å². The number of allylic oxidation sites excluding steroid dienone is 1. The van der Waals surface area contributed by atoms with Crippen molar-refractivity contribution in [3.8, 4) is 0 Å².